The first-order valence-electron chi connectivity index (χ1n) is 12.4. The van der Waals surface area contributed by atoms with Crippen molar-refractivity contribution in [2.24, 2.45) is 5.92 Å². The summed E-state index contributed by atoms with van der Waals surface area (Å²) in [6.45, 7) is 1.77. The van der Waals surface area contributed by atoms with Crippen molar-refractivity contribution in [1.29, 1.82) is 0 Å². The molecule has 1 saturated heterocycles. The maximum absolute atomic E-state index is 12.9. The number of carbonyl (C=O) groups excluding carboxylic acids is 3. The third-order valence-electron chi connectivity index (χ3n) is 6.72. The number of hydrogen-bond acceptors (Lipinski definition) is 8. The fourth-order valence-corrected chi connectivity index (χ4v) is 5.37. The van der Waals surface area contributed by atoms with Gasteiger partial charge in [0.15, 0.2) is 11.5 Å². The Labute approximate surface area is 213 Å². The van der Waals surface area contributed by atoms with E-state index >= 15 is 0 Å². The van der Waals surface area contributed by atoms with Gasteiger partial charge in [0.05, 0.1) is 0 Å². The van der Waals surface area contributed by atoms with Crippen LogP contribution in [0, 0.1) is 5.92 Å². The third-order valence-corrected chi connectivity index (χ3v) is 7.63. The standard InChI is InChI=1S/C25H29N5O5S/c31-21(26-11-8-16-4-2-1-3-5-16)17-9-12-30(13-10-17)25(33)24-29-28-23(36-24)22(32)27-18-6-7-19-20(14-18)35-15-34-19/h4,6-7,14,17H,1-3,5,8-13,15H2,(H,26,31)(H,27,32). The molecule has 190 valence electrons. The molecular formula is C25H29N5O5S. The molecule has 5 rings (SSSR count). The largest absolute Gasteiger partial charge is 0.454 e. The zero-order valence-electron chi connectivity index (χ0n) is 20.0. The summed E-state index contributed by atoms with van der Waals surface area (Å²) in [7, 11) is 0. The molecule has 2 N–H and O–H groups in total. The van der Waals surface area contributed by atoms with E-state index in [1.54, 1.807) is 23.1 Å². The van der Waals surface area contributed by atoms with Gasteiger partial charge in [-0.2, -0.15) is 0 Å². The summed E-state index contributed by atoms with van der Waals surface area (Å²) in [4.78, 5) is 39.7. The molecule has 1 aliphatic carbocycles. The number of piperidine rings is 1. The van der Waals surface area contributed by atoms with Crippen LogP contribution in [0.3, 0.4) is 0 Å². The van der Waals surface area contributed by atoms with E-state index in [-0.39, 0.29) is 34.5 Å². The monoisotopic (exact) mass is 511 g/mol. The van der Waals surface area contributed by atoms with Crippen LogP contribution in [0.5, 0.6) is 11.5 Å². The highest BCUT2D eigenvalue weighted by atomic mass is 32.1. The van der Waals surface area contributed by atoms with Crippen molar-refractivity contribution in [3.8, 4) is 11.5 Å². The van der Waals surface area contributed by atoms with Gasteiger partial charge in [0.25, 0.3) is 11.8 Å². The molecule has 3 aliphatic rings. The van der Waals surface area contributed by atoms with E-state index in [0.717, 1.165) is 30.6 Å². The molecule has 1 aromatic carbocycles. The molecule has 0 bridgehead atoms. The van der Waals surface area contributed by atoms with Crippen LogP contribution in [0.25, 0.3) is 0 Å². The average Bonchev–Trinajstić information content (AvgIpc) is 3.59. The molecule has 0 atom stereocenters. The summed E-state index contributed by atoms with van der Waals surface area (Å²) in [5, 5.41) is 13.9. The van der Waals surface area contributed by atoms with Gasteiger partial charge in [-0.15, -0.1) is 10.2 Å². The van der Waals surface area contributed by atoms with Crippen LogP contribution in [0.4, 0.5) is 5.69 Å². The highest BCUT2D eigenvalue weighted by molar-refractivity contribution is 7.15. The van der Waals surface area contributed by atoms with Gasteiger partial charge in [-0.3, -0.25) is 14.4 Å². The molecule has 0 saturated carbocycles. The van der Waals surface area contributed by atoms with Crippen LogP contribution in [0.1, 0.15) is 64.6 Å². The molecule has 0 radical (unpaired) electrons. The lowest BCUT2D eigenvalue weighted by molar-refractivity contribution is -0.126. The number of likely N-dealkylation sites (tertiary alicyclic amines) is 1. The number of aromatic nitrogens is 2. The summed E-state index contributed by atoms with van der Waals surface area (Å²) in [6.07, 6.45) is 9.24. The van der Waals surface area contributed by atoms with Gasteiger partial charge in [-0.05, 0) is 57.1 Å². The van der Waals surface area contributed by atoms with E-state index in [0.29, 0.717) is 49.7 Å². The molecule has 1 fully saturated rings. The van der Waals surface area contributed by atoms with Crippen molar-refractivity contribution in [3.05, 3.63) is 39.9 Å². The maximum atomic E-state index is 12.9. The number of amides is 3. The Morgan fingerprint density at radius 3 is 2.67 bits per heavy atom. The van der Waals surface area contributed by atoms with E-state index in [2.05, 4.69) is 26.9 Å². The van der Waals surface area contributed by atoms with Crippen molar-refractivity contribution < 1.29 is 23.9 Å². The van der Waals surface area contributed by atoms with Crippen LogP contribution < -0.4 is 20.1 Å². The second kappa shape index (κ2) is 11.1. The molecule has 11 heteroatoms. The maximum Gasteiger partial charge on any atom is 0.286 e. The predicted molar refractivity (Wildman–Crippen MR) is 133 cm³/mol. The van der Waals surface area contributed by atoms with E-state index in [9.17, 15) is 14.4 Å². The molecule has 3 amide bonds. The average molecular weight is 512 g/mol. The molecule has 10 nitrogen and oxygen atoms in total. The Hall–Kier alpha value is -3.47. The Morgan fingerprint density at radius 2 is 1.86 bits per heavy atom. The lowest BCUT2D eigenvalue weighted by Gasteiger charge is -2.30. The van der Waals surface area contributed by atoms with Gasteiger partial charge >= 0.3 is 0 Å². The SMILES string of the molecule is O=C(Nc1ccc2c(c1)OCO2)c1nnc(C(=O)N2CCC(C(=O)NCCC3=CCCCC3)CC2)s1. The minimum absolute atomic E-state index is 0.0666. The topological polar surface area (TPSA) is 123 Å². The Morgan fingerprint density at radius 1 is 1.06 bits per heavy atom. The van der Waals surface area contributed by atoms with Crippen LogP contribution in [-0.2, 0) is 4.79 Å². The zero-order valence-corrected chi connectivity index (χ0v) is 20.8. The summed E-state index contributed by atoms with van der Waals surface area (Å²) >= 11 is 0.953. The van der Waals surface area contributed by atoms with E-state index in [1.807, 2.05) is 0 Å². The Bertz CT molecular complexity index is 1170. The van der Waals surface area contributed by atoms with Gasteiger partial charge in [0.1, 0.15) is 0 Å². The summed E-state index contributed by atoms with van der Waals surface area (Å²) in [5.74, 6) is 0.432. The highest BCUT2D eigenvalue weighted by Gasteiger charge is 2.30. The fourth-order valence-electron chi connectivity index (χ4n) is 4.66. The number of fused-ring (bicyclic) bond motifs is 1. The van der Waals surface area contributed by atoms with Gasteiger partial charge in [-0.1, -0.05) is 23.0 Å². The summed E-state index contributed by atoms with van der Waals surface area (Å²) < 4.78 is 10.6. The van der Waals surface area contributed by atoms with Crippen molar-refractivity contribution in [3.63, 3.8) is 0 Å². The number of benzene rings is 1. The smallest absolute Gasteiger partial charge is 0.286 e. The summed E-state index contributed by atoms with van der Waals surface area (Å²) in [6, 6.07) is 5.08. The van der Waals surface area contributed by atoms with Crippen molar-refractivity contribution in [1.82, 2.24) is 20.4 Å². The van der Waals surface area contributed by atoms with Crippen LogP contribution in [0.15, 0.2) is 29.8 Å². The number of ether oxygens (including phenoxy) is 2. The number of nitrogens with one attached hydrogen (secondary N) is 2. The number of anilines is 1. The van der Waals surface area contributed by atoms with Gasteiger partial charge in [0, 0.05) is 37.3 Å². The van der Waals surface area contributed by atoms with Crippen molar-refractivity contribution in [2.45, 2.75) is 44.9 Å². The van der Waals surface area contributed by atoms with Crippen molar-refractivity contribution in [2.75, 3.05) is 31.7 Å². The van der Waals surface area contributed by atoms with E-state index < -0.39 is 5.91 Å². The second-order valence-electron chi connectivity index (χ2n) is 9.15. The minimum Gasteiger partial charge on any atom is -0.454 e. The lowest BCUT2D eigenvalue weighted by atomic mass is 9.95. The van der Waals surface area contributed by atoms with Gasteiger partial charge in [0.2, 0.25) is 22.7 Å². The van der Waals surface area contributed by atoms with E-state index in [1.165, 1.54) is 18.4 Å². The molecule has 1 aromatic heterocycles. The van der Waals surface area contributed by atoms with Gasteiger partial charge < -0.3 is 25.0 Å². The quantitative estimate of drug-likeness (QED) is 0.547. The predicted octanol–water partition coefficient (Wildman–Crippen LogP) is 3.38. The second-order valence-corrected chi connectivity index (χ2v) is 10.1. The number of carbonyl (C=O) groups is 3. The van der Waals surface area contributed by atoms with Gasteiger partial charge in [-0.25, -0.2) is 0 Å². The van der Waals surface area contributed by atoms with Crippen LogP contribution >= 0.6 is 11.3 Å². The molecular weight excluding hydrogens is 482 g/mol. The van der Waals surface area contributed by atoms with E-state index in [4.69, 9.17) is 9.47 Å². The molecule has 36 heavy (non-hydrogen) atoms. The lowest BCUT2D eigenvalue weighted by Crippen LogP contribution is -2.43. The molecule has 2 aliphatic heterocycles. The molecule has 2 aromatic rings. The fraction of sp³-hybridized carbons (Fsp3) is 0.480. The first-order chi connectivity index (χ1) is 17.6. The first-order valence-corrected chi connectivity index (χ1v) is 13.2. The number of rotatable bonds is 7. The Kier molecular flexibility index (Phi) is 7.45. The number of allylic oxidation sites excluding steroid dienone is 1. The molecule has 0 unspecified atom stereocenters. The number of hydrogen-bond donors (Lipinski definition) is 2. The summed E-state index contributed by atoms with van der Waals surface area (Å²) in [5.41, 5.74) is 1.98. The first kappa shape index (κ1) is 24.2. The van der Waals surface area contributed by atoms with Crippen LogP contribution in [0.2, 0.25) is 0 Å². The minimum atomic E-state index is -0.454. The van der Waals surface area contributed by atoms with Crippen LogP contribution in [-0.4, -0.2) is 59.2 Å². The van der Waals surface area contributed by atoms with Crippen molar-refractivity contribution >= 4 is 34.7 Å². The molecule has 0 spiro atoms. The zero-order chi connectivity index (χ0) is 24.9. The third kappa shape index (κ3) is 5.67. The normalized spacial score (nSPS) is 17.4. The number of nitrogens with zero attached hydrogens (tertiary/aromatic N) is 3. The molecule has 3 heterocycles. The highest BCUT2D eigenvalue weighted by Crippen LogP contribution is 2.34. The Balaban J connectivity index is 1.08.